The van der Waals surface area contributed by atoms with Gasteiger partial charge in [-0.1, -0.05) is 28.1 Å². The van der Waals surface area contributed by atoms with Gasteiger partial charge < -0.3 is 14.6 Å². The van der Waals surface area contributed by atoms with E-state index < -0.39 is 5.91 Å². The van der Waals surface area contributed by atoms with Gasteiger partial charge in [0, 0.05) is 20.1 Å². The maximum Gasteiger partial charge on any atom is 0.271 e. The van der Waals surface area contributed by atoms with E-state index in [-0.39, 0.29) is 5.75 Å². The van der Waals surface area contributed by atoms with Crippen LogP contribution in [0.25, 0.3) is 0 Å². The van der Waals surface area contributed by atoms with Gasteiger partial charge in [-0.15, -0.1) is 0 Å². The summed E-state index contributed by atoms with van der Waals surface area (Å²) in [6.07, 6.45) is 1.51. The zero-order chi connectivity index (χ0) is 23.1. The molecule has 32 heavy (non-hydrogen) atoms. The number of hydrazone groups is 1. The molecule has 2 N–H and O–H groups in total. The molecule has 0 saturated carbocycles. The van der Waals surface area contributed by atoms with Crippen molar-refractivity contribution >= 4 is 66.6 Å². The van der Waals surface area contributed by atoms with Crippen LogP contribution in [0.5, 0.6) is 17.2 Å². The molecule has 166 valence electrons. The second kappa shape index (κ2) is 11.7. The summed E-state index contributed by atoms with van der Waals surface area (Å²) >= 11 is 8.93. The molecule has 0 fully saturated rings. The third-order valence-electron chi connectivity index (χ3n) is 4.25. The van der Waals surface area contributed by atoms with Gasteiger partial charge in [-0.2, -0.15) is 5.10 Å². The van der Waals surface area contributed by atoms with Crippen molar-refractivity contribution in [1.29, 1.82) is 0 Å². The maximum atomic E-state index is 12.3. The minimum atomic E-state index is -0.427. The Morgan fingerprint density at radius 2 is 1.81 bits per heavy atom. The van der Waals surface area contributed by atoms with Gasteiger partial charge in [-0.3, -0.25) is 4.79 Å². The smallest absolute Gasteiger partial charge is 0.271 e. The second-order valence-electron chi connectivity index (χ2n) is 6.53. The fraction of sp³-hybridized carbons (Fsp3) is 0.130. The number of nitrogens with one attached hydrogen (secondary N) is 1. The standard InChI is InChI=1S/C23H19Br2IN2O4/c1-2-31-21-10-16(12-27-28-23(30)15-5-8-19(26)20(29)9-15)18(25)11-22(21)32-13-14-3-6-17(24)7-4-14/h3-12,29H,2,13H2,1H3,(H,28,30)/b27-12-. The van der Waals surface area contributed by atoms with Crippen LogP contribution in [0, 0.1) is 3.57 Å². The van der Waals surface area contributed by atoms with Gasteiger partial charge in [-0.05, 0) is 93.5 Å². The number of rotatable bonds is 8. The first-order valence-electron chi connectivity index (χ1n) is 9.53. The number of amides is 1. The molecule has 0 bridgehead atoms. The van der Waals surface area contributed by atoms with Gasteiger partial charge in [0.2, 0.25) is 0 Å². The molecule has 0 radical (unpaired) electrons. The molecule has 0 unspecified atom stereocenters. The molecule has 0 aromatic heterocycles. The summed E-state index contributed by atoms with van der Waals surface area (Å²) < 4.78 is 14.1. The van der Waals surface area contributed by atoms with E-state index in [2.05, 4.69) is 42.4 Å². The van der Waals surface area contributed by atoms with Gasteiger partial charge in [-0.25, -0.2) is 5.43 Å². The number of phenols is 1. The Kier molecular flexibility index (Phi) is 8.94. The SMILES string of the molecule is CCOc1cc(/C=N\NC(=O)c2ccc(I)c(O)c2)c(Br)cc1OCc1ccc(Br)cc1. The molecule has 0 aliphatic rings. The normalized spacial score (nSPS) is 10.9. The van der Waals surface area contributed by atoms with Gasteiger partial charge >= 0.3 is 0 Å². The molecule has 3 aromatic rings. The second-order valence-corrected chi connectivity index (χ2v) is 9.47. The zero-order valence-electron chi connectivity index (χ0n) is 16.9. The third-order valence-corrected chi connectivity index (χ3v) is 6.38. The van der Waals surface area contributed by atoms with Crippen LogP contribution < -0.4 is 14.9 Å². The lowest BCUT2D eigenvalue weighted by atomic mass is 10.2. The molecular formula is C23H19Br2IN2O4. The summed E-state index contributed by atoms with van der Waals surface area (Å²) in [5, 5.41) is 13.8. The first-order valence-corrected chi connectivity index (χ1v) is 12.2. The lowest BCUT2D eigenvalue weighted by Crippen LogP contribution is -2.17. The number of halogens is 3. The fourth-order valence-electron chi connectivity index (χ4n) is 2.65. The average Bonchev–Trinajstić information content (AvgIpc) is 2.77. The van der Waals surface area contributed by atoms with Crippen molar-refractivity contribution in [2.45, 2.75) is 13.5 Å². The number of hydrogen-bond acceptors (Lipinski definition) is 5. The Morgan fingerprint density at radius 3 is 2.50 bits per heavy atom. The Hall–Kier alpha value is -2.11. The van der Waals surface area contributed by atoms with Gasteiger partial charge in [0.1, 0.15) is 12.4 Å². The lowest BCUT2D eigenvalue weighted by molar-refractivity contribution is 0.0954. The van der Waals surface area contributed by atoms with Crippen LogP contribution in [-0.2, 0) is 6.61 Å². The highest BCUT2D eigenvalue weighted by Crippen LogP contribution is 2.34. The van der Waals surface area contributed by atoms with Crippen LogP contribution in [0.2, 0.25) is 0 Å². The number of ether oxygens (including phenoxy) is 2. The largest absolute Gasteiger partial charge is 0.507 e. The number of nitrogens with zero attached hydrogens (tertiary/aromatic N) is 1. The van der Waals surface area contributed by atoms with Gasteiger partial charge in [0.25, 0.3) is 5.91 Å². The Balaban J connectivity index is 1.72. The summed E-state index contributed by atoms with van der Waals surface area (Å²) in [6, 6.07) is 16.2. The van der Waals surface area contributed by atoms with Crippen LogP contribution in [-0.4, -0.2) is 23.8 Å². The van der Waals surface area contributed by atoms with E-state index in [0.29, 0.717) is 39.4 Å². The van der Waals surface area contributed by atoms with E-state index in [9.17, 15) is 9.90 Å². The van der Waals surface area contributed by atoms with E-state index in [1.54, 1.807) is 18.2 Å². The molecule has 0 aliphatic heterocycles. The van der Waals surface area contributed by atoms with Crippen molar-refractivity contribution in [2.24, 2.45) is 5.10 Å². The van der Waals surface area contributed by atoms with Crippen molar-refractivity contribution in [2.75, 3.05) is 6.61 Å². The van der Waals surface area contributed by atoms with Gasteiger partial charge in [0.15, 0.2) is 11.5 Å². The quantitative estimate of drug-likeness (QED) is 0.168. The van der Waals surface area contributed by atoms with Crippen molar-refractivity contribution in [3.05, 3.63) is 83.8 Å². The maximum absolute atomic E-state index is 12.3. The van der Waals surface area contributed by atoms with Crippen molar-refractivity contribution in [3.63, 3.8) is 0 Å². The Bertz CT molecular complexity index is 1140. The highest BCUT2D eigenvalue weighted by atomic mass is 127. The molecule has 0 heterocycles. The fourth-order valence-corrected chi connectivity index (χ4v) is 3.68. The lowest BCUT2D eigenvalue weighted by Gasteiger charge is -2.14. The zero-order valence-corrected chi connectivity index (χ0v) is 22.3. The summed E-state index contributed by atoms with van der Waals surface area (Å²) in [4.78, 5) is 12.3. The number of aromatic hydroxyl groups is 1. The summed E-state index contributed by atoms with van der Waals surface area (Å²) in [7, 11) is 0. The predicted molar refractivity (Wildman–Crippen MR) is 140 cm³/mol. The summed E-state index contributed by atoms with van der Waals surface area (Å²) in [5.41, 5.74) is 4.50. The summed E-state index contributed by atoms with van der Waals surface area (Å²) in [5.74, 6) is 0.786. The first-order chi connectivity index (χ1) is 15.4. The molecule has 0 spiro atoms. The molecule has 6 nitrogen and oxygen atoms in total. The van der Waals surface area contributed by atoms with E-state index in [0.717, 1.165) is 14.5 Å². The number of hydrogen-bond donors (Lipinski definition) is 2. The number of phenolic OH excluding ortho intramolecular Hbond substituents is 1. The van der Waals surface area contributed by atoms with Crippen molar-refractivity contribution in [1.82, 2.24) is 5.43 Å². The summed E-state index contributed by atoms with van der Waals surface area (Å²) in [6.45, 7) is 2.76. The minimum absolute atomic E-state index is 0.0463. The van der Waals surface area contributed by atoms with E-state index in [1.165, 1.54) is 12.3 Å². The minimum Gasteiger partial charge on any atom is -0.507 e. The van der Waals surface area contributed by atoms with Crippen molar-refractivity contribution in [3.8, 4) is 17.2 Å². The van der Waals surface area contributed by atoms with Gasteiger partial charge in [0.05, 0.1) is 16.4 Å². The first kappa shape index (κ1) is 24.5. The molecule has 1 amide bonds. The molecular weight excluding hydrogens is 655 g/mol. The van der Waals surface area contributed by atoms with E-state index in [1.807, 2.05) is 59.8 Å². The molecule has 3 rings (SSSR count). The van der Waals surface area contributed by atoms with E-state index in [4.69, 9.17) is 9.47 Å². The molecule has 0 aliphatic carbocycles. The predicted octanol–water partition coefficient (Wildman–Crippen LogP) is 6.26. The number of carbonyl (C=O) groups is 1. The third kappa shape index (κ3) is 6.69. The topological polar surface area (TPSA) is 80.2 Å². The monoisotopic (exact) mass is 672 g/mol. The van der Waals surface area contributed by atoms with Crippen LogP contribution in [0.3, 0.4) is 0 Å². The van der Waals surface area contributed by atoms with E-state index >= 15 is 0 Å². The number of carbonyl (C=O) groups excluding carboxylic acids is 1. The molecule has 3 aromatic carbocycles. The Morgan fingerprint density at radius 1 is 1.09 bits per heavy atom. The molecule has 0 atom stereocenters. The van der Waals surface area contributed by atoms with Crippen LogP contribution >= 0.6 is 54.5 Å². The molecule has 9 heteroatoms. The van der Waals surface area contributed by atoms with Crippen LogP contribution in [0.1, 0.15) is 28.4 Å². The Labute approximate surface area is 216 Å². The average molecular weight is 674 g/mol. The molecule has 0 saturated heterocycles. The van der Waals surface area contributed by atoms with Crippen LogP contribution in [0.15, 0.2) is 68.6 Å². The van der Waals surface area contributed by atoms with Crippen LogP contribution in [0.4, 0.5) is 0 Å². The highest BCUT2D eigenvalue weighted by molar-refractivity contribution is 14.1. The van der Waals surface area contributed by atoms with Crippen molar-refractivity contribution < 1.29 is 19.4 Å². The highest BCUT2D eigenvalue weighted by Gasteiger charge is 2.11. The number of benzene rings is 3.